The Kier molecular flexibility index (Phi) is 7.64. The normalized spacial score (nSPS) is 18.9. The van der Waals surface area contributed by atoms with Crippen molar-refractivity contribution in [3.8, 4) is 0 Å². The van der Waals surface area contributed by atoms with E-state index < -0.39 is 0 Å². The van der Waals surface area contributed by atoms with Crippen LogP contribution >= 0.6 is 12.4 Å². The molecule has 3 N–H and O–H groups in total. The van der Waals surface area contributed by atoms with Crippen LogP contribution in [-0.4, -0.2) is 42.0 Å². The molecule has 0 bridgehead atoms. The predicted octanol–water partition coefficient (Wildman–Crippen LogP) is 1.10. The molecule has 21 heavy (non-hydrogen) atoms. The molecular weight excluding hydrogens is 288 g/mol. The van der Waals surface area contributed by atoms with Crippen molar-refractivity contribution >= 4 is 18.3 Å². The Labute approximate surface area is 132 Å². The van der Waals surface area contributed by atoms with E-state index >= 15 is 0 Å². The van der Waals surface area contributed by atoms with E-state index in [1.807, 2.05) is 18.5 Å². The summed E-state index contributed by atoms with van der Waals surface area (Å²) in [7, 11) is 0. The number of carbonyl (C=O) groups is 1. The fraction of sp³-hybridized carbons (Fsp3) is 0.600. The van der Waals surface area contributed by atoms with Gasteiger partial charge in [0.1, 0.15) is 0 Å². The highest BCUT2D eigenvalue weighted by Gasteiger charge is 2.25. The topological polar surface area (TPSA) is 71.2 Å². The molecular formula is C15H25ClN4O. The minimum atomic E-state index is 0. The van der Waals surface area contributed by atoms with Gasteiger partial charge in [0.25, 0.3) is 0 Å². The smallest absolute Gasteiger partial charge is 0.224 e. The van der Waals surface area contributed by atoms with Crippen molar-refractivity contribution in [2.75, 3.05) is 26.2 Å². The number of pyridine rings is 1. The highest BCUT2D eigenvalue weighted by Crippen LogP contribution is 2.19. The lowest BCUT2D eigenvalue weighted by Crippen LogP contribution is -2.43. The molecule has 5 nitrogen and oxygen atoms in total. The van der Waals surface area contributed by atoms with E-state index in [2.05, 4.69) is 22.1 Å². The summed E-state index contributed by atoms with van der Waals surface area (Å²) in [5.41, 5.74) is 7.93. The van der Waals surface area contributed by atoms with Crippen molar-refractivity contribution in [3.63, 3.8) is 0 Å². The lowest BCUT2D eigenvalue weighted by molar-refractivity contribution is -0.126. The predicted molar refractivity (Wildman–Crippen MR) is 86.3 cm³/mol. The molecule has 1 fully saturated rings. The molecule has 1 aromatic rings. The maximum atomic E-state index is 12.0. The van der Waals surface area contributed by atoms with E-state index in [1.165, 1.54) is 11.1 Å². The summed E-state index contributed by atoms with van der Waals surface area (Å²) >= 11 is 0. The number of amides is 1. The number of nitrogens with one attached hydrogen (secondary N) is 1. The number of carbonyl (C=O) groups excluding carboxylic acids is 1. The highest BCUT2D eigenvalue weighted by atomic mass is 35.5. The third-order valence-corrected chi connectivity index (χ3v) is 3.86. The van der Waals surface area contributed by atoms with Crippen LogP contribution in [0.2, 0.25) is 0 Å². The molecule has 0 spiro atoms. The van der Waals surface area contributed by atoms with Gasteiger partial charge in [0, 0.05) is 38.6 Å². The minimum absolute atomic E-state index is 0. The number of aromatic nitrogens is 1. The molecule has 1 saturated heterocycles. The average Bonchev–Trinajstić information content (AvgIpc) is 2.47. The molecule has 0 aromatic carbocycles. The first-order valence-corrected chi connectivity index (χ1v) is 7.30. The van der Waals surface area contributed by atoms with Gasteiger partial charge in [0.05, 0.1) is 5.92 Å². The SMILES string of the molecule is Cc1ccncc1CN1CCCC(C(=O)NCCN)C1.Cl. The second kappa shape index (κ2) is 8.97. The molecule has 1 aromatic heterocycles. The van der Waals surface area contributed by atoms with Crippen molar-refractivity contribution < 1.29 is 4.79 Å². The minimum Gasteiger partial charge on any atom is -0.355 e. The molecule has 0 aliphatic carbocycles. The molecule has 1 amide bonds. The van der Waals surface area contributed by atoms with Crippen LogP contribution in [0, 0.1) is 12.8 Å². The summed E-state index contributed by atoms with van der Waals surface area (Å²) in [6, 6.07) is 2.03. The summed E-state index contributed by atoms with van der Waals surface area (Å²) in [6.07, 6.45) is 5.78. The van der Waals surface area contributed by atoms with Gasteiger partial charge in [-0.05, 0) is 43.5 Å². The number of likely N-dealkylation sites (tertiary alicyclic amines) is 1. The third kappa shape index (κ3) is 5.26. The number of hydrogen-bond acceptors (Lipinski definition) is 4. The monoisotopic (exact) mass is 312 g/mol. The molecule has 2 heterocycles. The van der Waals surface area contributed by atoms with Gasteiger partial charge in [-0.2, -0.15) is 0 Å². The molecule has 1 aliphatic rings. The molecule has 0 saturated carbocycles. The fourth-order valence-corrected chi connectivity index (χ4v) is 2.66. The Morgan fingerprint density at radius 2 is 2.38 bits per heavy atom. The fourth-order valence-electron chi connectivity index (χ4n) is 2.66. The van der Waals surface area contributed by atoms with Gasteiger partial charge in [0.2, 0.25) is 5.91 Å². The molecule has 2 rings (SSSR count). The summed E-state index contributed by atoms with van der Waals surface area (Å²) < 4.78 is 0. The summed E-state index contributed by atoms with van der Waals surface area (Å²) in [5.74, 6) is 0.232. The van der Waals surface area contributed by atoms with Crippen LogP contribution in [0.4, 0.5) is 0 Å². The molecule has 6 heteroatoms. The Balaban J connectivity index is 0.00000220. The van der Waals surface area contributed by atoms with Crippen LogP contribution in [0.1, 0.15) is 24.0 Å². The maximum absolute atomic E-state index is 12.0. The molecule has 0 radical (unpaired) electrons. The van der Waals surface area contributed by atoms with Gasteiger partial charge in [0.15, 0.2) is 0 Å². The quantitative estimate of drug-likeness (QED) is 0.854. The zero-order chi connectivity index (χ0) is 14.4. The molecule has 118 valence electrons. The van der Waals surface area contributed by atoms with Crippen molar-refractivity contribution in [1.82, 2.24) is 15.2 Å². The first-order valence-electron chi connectivity index (χ1n) is 7.30. The number of halogens is 1. The van der Waals surface area contributed by atoms with Crippen molar-refractivity contribution in [1.29, 1.82) is 0 Å². The second-order valence-electron chi connectivity index (χ2n) is 5.46. The third-order valence-electron chi connectivity index (χ3n) is 3.86. The standard InChI is InChI=1S/C15H24N4O.ClH/c1-12-4-6-17-9-14(12)11-19-8-2-3-13(10-19)15(20)18-7-5-16;/h4,6,9,13H,2-3,5,7-8,10-11,16H2,1H3,(H,18,20);1H. The average molecular weight is 313 g/mol. The van der Waals surface area contributed by atoms with Gasteiger partial charge in [-0.15, -0.1) is 12.4 Å². The first-order chi connectivity index (χ1) is 9.70. The number of aryl methyl sites for hydroxylation is 1. The molecule has 1 unspecified atom stereocenters. The number of piperidine rings is 1. The second-order valence-corrected chi connectivity index (χ2v) is 5.46. The van der Waals surface area contributed by atoms with Crippen LogP contribution in [0.5, 0.6) is 0 Å². The van der Waals surface area contributed by atoms with Crippen LogP contribution in [0.25, 0.3) is 0 Å². The van der Waals surface area contributed by atoms with Gasteiger partial charge in [-0.25, -0.2) is 0 Å². The highest BCUT2D eigenvalue weighted by molar-refractivity contribution is 5.85. The van der Waals surface area contributed by atoms with Gasteiger partial charge >= 0.3 is 0 Å². The Morgan fingerprint density at radius 3 is 3.10 bits per heavy atom. The largest absolute Gasteiger partial charge is 0.355 e. The maximum Gasteiger partial charge on any atom is 0.224 e. The van der Waals surface area contributed by atoms with Crippen molar-refractivity contribution in [2.45, 2.75) is 26.3 Å². The van der Waals surface area contributed by atoms with E-state index in [4.69, 9.17) is 5.73 Å². The van der Waals surface area contributed by atoms with E-state index in [0.717, 1.165) is 32.5 Å². The van der Waals surface area contributed by atoms with Gasteiger partial charge in [-0.1, -0.05) is 0 Å². The lowest BCUT2D eigenvalue weighted by atomic mass is 9.96. The Hall–Kier alpha value is -1.17. The summed E-state index contributed by atoms with van der Waals surface area (Å²) in [5, 5.41) is 2.89. The van der Waals surface area contributed by atoms with Gasteiger partial charge in [-0.3, -0.25) is 14.7 Å². The Morgan fingerprint density at radius 1 is 1.57 bits per heavy atom. The van der Waals surface area contributed by atoms with Crippen LogP contribution in [-0.2, 0) is 11.3 Å². The number of nitrogens with zero attached hydrogens (tertiary/aromatic N) is 2. The van der Waals surface area contributed by atoms with Crippen LogP contribution in [0.15, 0.2) is 18.5 Å². The molecule has 1 atom stereocenters. The van der Waals surface area contributed by atoms with Crippen LogP contribution < -0.4 is 11.1 Å². The Bertz CT molecular complexity index is 455. The zero-order valence-corrected chi connectivity index (χ0v) is 13.4. The molecule has 1 aliphatic heterocycles. The van der Waals surface area contributed by atoms with E-state index in [1.54, 1.807) is 0 Å². The number of nitrogens with two attached hydrogens (primary N) is 1. The van der Waals surface area contributed by atoms with Crippen molar-refractivity contribution in [3.05, 3.63) is 29.6 Å². The van der Waals surface area contributed by atoms with Crippen molar-refractivity contribution in [2.24, 2.45) is 11.7 Å². The van der Waals surface area contributed by atoms with Crippen LogP contribution in [0.3, 0.4) is 0 Å². The van der Waals surface area contributed by atoms with E-state index in [0.29, 0.717) is 13.1 Å². The number of hydrogen-bond donors (Lipinski definition) is 2. The van der Waals surface area contributed by atoms with Gasteiger partial charge < -0.3 is 11.1 Å². The first kappa shape index (κ1) is 17.9. The number of rotatable bonds is 5. The van der Waals surface area contributed by atoms with E-state index in [-0.39, 0.29) is 24.2 Å². The summed E-state index contributed by atoms with van der Waals surface area (Å²) in [6.45, 7) is 5.92. The summed E-state index contributed by atoms with van der Waals surface area (Å²) in [4.78, 5) is 18.5. The van der Waals surface area contributed by atoms with E-state index in [9.17, 15) is 4.79 Å². The lowest BCUT2D eigenvalue weighted by Gasteiger charge is -2.32. The zero-order valence-electron chi connectivity index (χ0n) is 12.5.